The summed E-state index contributed by atoms with van der Waals surface area (Å²) in [5.74, 6) is 0.150. The summed E-state index contributed by atoms with van der Waals surface area (Å²) in [5.41, 5.74) is -0.00557. The Hall–Kier alpha value is -2.89. The second-order valence-corrected chi connectivity index (χ2v) is 4.01. The van der Waals surface area contributed by atoms with E-state index >= 15 is 0 Å². The molecule has 6 nitrogen and oxygen atoms in total. The monoisotopic (exact) mass is 266 g/mol. The number of aromatic nitrogens is 2. The largest absolute Gasteiger partial charge is 0.477 e. The van der Waals surface area contributed by atoms with Gasteiger partial charge in [-0.1, -0.05) is 12.1 Å². The molecular formula is C14H10N4O2. The van der Waals surface area contributed by atoms with Crippen molar-refractivity contribution in [3.8, 4) is 0 Å². The maximum absolute atomic E-state index is 10.9. The average Bonchev–Trinajstić information content (AvgIpc) is 2.98. The third-order valence-electron chi connectivity index (χ3n) is 2.68. The quantitative estimate of drug-likeness (QED) is 0.916. The minimum atomic E-state index is -1.06. The van der Waals surface area contributed by atoms with Crippen LogP contribution < -0.4 is 9.80 Å². The fourth-order valence-electron chi connectivity index (χ4n) is 1.74. The molecule has 0 aliphatic carbocycles. The zero-order chi connectivity index (χ0) is 13.9. The average molecular weight is 266 g/mol. The van der Waals surface area contributed by atoms with Crippen molar-refractivity contribution in [1.29, 1.82) is 0 Å². The zero-order valence-corrected chi connectivity index (χ0v) is 10.3. The van der Waals surface area contributed by atoms with E-state index in [9.17, 15) is 4.79 Å². The van der Waals surface area contributed by atoms with Gasteiger partial charge in [0.25, 0.3) is 0 Å². The molecule has 1 aliphatic heterocycles. The second-order valence-electron chi connectivity index (χ2n) is 4.01. The lowest BCUT2D eigenvalue weighted by molar-refractivity contribution is 0.0690. The number of rotatable bonds is 3. The molecular weight excluding hydrogens is 256 g/mol. The first kappa shape index (κ1) is 12.2. The van der Waals surface area contributed by atoms with E-state index in [-0.39, 0.29) is 5.69 Å². The van der Waals surface area contributed by atoms with Crippen LogP contribution in [-0.2, 0) is 0 Å². The molecule has 2 aromatic rings. The number of pyridine rings is 2. The van der Waals surface area contributed by atoms with E-state index in [1.54, 1.807) is 40.5 Å². The molecule has 6 heteroatoms. The summed E-state index contributed by atoms with van der Waals surface area (Å²) in [7, 11) is 0. The summed E-state index contributed by atoms with van der Waals surface area (Å²) in [5, 5.41) is 8.94. The van der Waals surface area contributed by atoms with Crippen LogP contribution in [0.2, 0.25) is 0 Å². The minimum Gasteiger partial charge on any atom is -0.477 e. The van der Waals surface area contributed by atoms with E-state index in [1.165, 1.54) is 6.07 Å². The number of carbonyl (C=O) groups is 1. The van der Waals surface area contributed by atoms with Gasteiger partial charge in [0.1, 0.15) is 11.6 Å². The number of carboxylic acid groups (broad SMARTS) is 1. The van der Waals surface area contributed by atoms with E-state index in [0.717, 1.165) is 5.82 Å². The van der Waals surface area contributed by atoms with Gasteiger partial charge in [0.15, 0.2) is 5.69 Å². The topological polar surface area (TPSA) is 69.6 Å². The Bertz CT molecular complexity index is 657. The highest BCUT2D eigenvalue weighted by molar-refractivity contribution is 5.85. The first-order chi connectivity index (χ1) is 9.74. The summed E-state index contributed by atoms with van der Waals surface area (Å²) < 4.78 is 0. The third kappa shape index (κ3) is 2.31. The van der Waals surface area contributed by atoms with Crippen molar-refractivity contribution in [2.75, 3.05) is 9.80 Å². The molecule has 0 amide bonds. The van der Waals surface area contributed by atoms with Crippen molar-refractivity contribution in [2.24, 2.45) is 0 Å². The number of anilines is 2. The molecule has 0 aromatic carbocycles. The Labute approximate surface area is 115 Å². The van der Waals surface area contributed by atoms with E-state index < -0.39 is 5.97 Å². The van der Waals surface area contributed by atoms with Crippen molar-refractivity contribution < 1.29 is 9.90 Å². The maximum Gasteiger partial charge on any atom is 0.354 e. The number of nitrogens with zero attached hydrogens (tertiary/aromatic N) is 4. The molecule has 0 spiro atoms. The van der Waals surface area contributed by atoms with Gasteiger partial charge in [0.05, 0.1) is 0 Å². The molecule has 3 rings (SSSR count). The number of aromatic carboxylic acids is 1. The molecule has 0 atom stereocenters. The van der Waals surface area contributed by atoms with Gasteiger partial charge in [-0.3, -0.25) is 9.80 Å². The fraction of sp³-hybridized carbons (Fsp3) is 0. The van der Waals surface area contributed by atoms with E-state index in [0.29, 0.717) is 5.82 Å². The smallest absolute Gasteiger partial charge is 0.354 e. The predicted molar refractivity (Wildman–Crippen MR) is 72.8 cm³/mol. The summed E-state index contributed by atoms with van der Waals surface area (Å²) in [6, 6.07) is 10.4. The van der Waals surface area contributed by atoms with E-state index in [2.05, 4.69) is 16.6 Å². The Morgan fingerprint density at radius 1 is 1.05 bits per heavy atom. The van der Waals surface area contributed by atoms with E-state index in [1.807, 2.05) is 18.2 Å². The highest BCUT2D eigenvalue weighted by Gasteiger charge is 2.20. The van der Waals surface area contributed by atoms with Crippen molar-refractivity contribution in [3.05, 3.63) is 67.4 Å². The first-order valence-electron chi connectivity index (χ1n) is 5.88. The molecule has 2 aromatic heterocycles. The van der Waals surface area contributed by atoms with Gasteiger partial charge in [0, 0.05) is 18.6 Å². The molecule has 0 saturated heterocycles. The van der Waals surface area contributed by atoms with E-state index in [4.69, 9.17) is 5.11 Å². The number of hydrogen-bond acceptors (Lipinski definition) is 5. The van der Waals surface area contributed by atoms with Crippen LogP contribution >= 0.6 is 0 Å². The third-order valence-corrected chi connectivity index (χ3v) is 2.68. The first-order valence-corrected chi connectivity index (χ1v) is 5.88. The number of hydrogen-bond donors (Lipinski definition) is 1. The Kier molecular flexibility index (Phi) is 3.04. The SMILES string of the molecule is O=C(O)c1cccc(N2[C]N(c3ccccn3)C=C2)n1. The molecule has 0 unspecified atom stereocenters. The lowest BCUT2D eigenvalue weighted by Crippen LogP contribution is -2.20. The lowest BCUT2D eigenvalue weighted by atomic mass is 10.3. The summed E-state index contributed by atoms with van der Waals surface area (Å²) in [6.07, 6.45) is 5.21. The molecule has 3 heterocycles. The van der Waals surface area contributed by atoms with Crippen LogP contribution in [0.15, 0.2) is 55.0 Å². The fourth-order valence-corrected chi connectivity index (χ4v) is 1.74. The van der Waals surface area contributed by atoms with Gasteiger partial charge in [-0.2, -0.15) is 0 Å². The van der Waals surface area contributed by atoms with Crippen molar-refractivity contribution in [2.45, 2.75) is 0 Å². The van der Waals surface area contributed by atoms with Gasteiger partial charge >= 0.3 is 5.97 Å². The highest BCUT2D eigenvalue weighted by atomic mass is 16.4. The Morgan fingerprint density at radius 2 is 1.80 bits per heavy atom. The Balaban J connectivity index is 1.80. The van der Waals surface area contributed by atoms with Crippen LogP contribution in [0.4, 0.5) is 11.6 Å². The minimum absolute atomic E-state index is 0.00557. The van der Waals surface area contributed by atoms with Crippen LogP contribution in [0.5, 0.6) is 0 Å². The molecule has 0 bridgehead atoms. The van der Waals surface area contributed by atoms with Crippen LogP contribution in [0, 0.1) is 6.67 Å². The lowest BCUT2D eigenvalue weighted by Gasteiger charge is -2.17. The van der Waals surface area contributed by atoms with Crippen molar-refractivity contribution in [3.63, 3.8) is 0 Å². The molecule has 20 heavy (non-hydrogen) atoms. The zero-order valence-electron chi connectivity index (χ0n) is 10.3. The second kappa shape index (κ2) is 5.00. The van der Waals surface area contributed by atoms with Gasteiger partial charge in [-0.05, 0) is 24.3 Å². The van der Waals surface area contributed by atoms with Crippen molar-refractivity contribution in [1.82, 2.24) is 9.97 Å². The molecule has 1 aliphatic rings. The molecule has 1 N–H and O–H groups in total. The normalized spacial score (nSPS) is 13.8. The summed E-state index contributed by atoms with van der Waals surface area (Å²) >= 11 is 0. The highest BCUT2D eigenvalue weighted by Crippen LogP contribution is 2.23. The van der Waals surface area contributed by atoms with Gasteiger partial charge < -0.3 is 5.11 Å². The summed E-state index contributed by atoms with van der Waals surface area (Å²) in [6.45, 7) is 3.03. The van der Waals surface area contributed by atoms with Gasteiger partial charge in [-0.15, -0.1) is 0 Å². The molecule has 0 saturated carbocycles. The van der Waals surface area contributed by atoms with Gasteiger partial charge in [0.2, 0.25) is 6.67 Å². The maximum atomic E-state index is 10.9. The number of carboxylic acids is 1. The van der Waals surface area contributed by atoms with Crippen LogP contribution in [0.1, 0.15) is 10.5 Å². The van der Waals surface area contributed by atoms with Crippen LogP contribution in [0.25, 0.3) is 0 Å². The molecule has 98 valence electrons. The summed E-state index contributed by atoms with van der Waals surface area (Å²) in [4.78, 5) is 22.5. The standard InChI is InChI=1S/C14H10N4O2/c19-14(20)11-4-3-6-13(16-11)18-9-8-17(10-18)12-5-1-2-7-15-12/h1-9H,(H,19,20). The molecule has 2 radical (unpaired) electrons. The Morgan fingerprint density at radius 3 is 2.50 bits per heavy atom. The van der Waals surface area contributed by atoms with Gasteiger partial charge in [-0.25, -0.2) is 14.8 Å². The van der Waals surface area contributed by atoms with Crippen molar-refractivity contribution >= 4 is 17.6 Å². The predicted octanol–water partition coefficient (Wildman–Crippen LogP) is 1.97. The molecule has 0 fully saturated rings. The van der Waals surface area contributed by atoms with Crippen LogP contribution in [0.3, 0.4) is 0 Å². The van der Waals surface area contributed by atoms with Crippen LogP contribution in [-0.4, -0.2) is 21.0 Å².